The predicted octanol–water partition coefficient (Wildman–Crippen LogP) is 1.98. The molecule has 1 rings (SSSR count). The molecule has 1 heteroatoms. The third-order valence-electron chi connectivity index (χ3n) is 2.77. The normalized spacial score (nSPS) is 37.5. The summed E-state index contributed by atoms with van der Waals surface area (Å²) in [4.78, 5) is 2.45. The maximum absolute atomic E-state index is 2.45. The smallest absolute Gasteiger partial charge is 0.000651 e. The molecular weight excluding hydrogens is 122 g/mol. The van der Waals surface area contributed by atoms with E-state index in [9.17, 15) is 0 Å². The molecule has 0 N–H and O–H groups in total. The molecule has 0 amide bonds. The van der Waals surface area contributed by atoms with Crippen LogP contribution in [0.5, 0.6) is 0 Å². The molecule has 1 fully saturated rings. The van der Waals surface area contributed by atoms with Crippen LogP contribution in [0.15, 0.2) is 0 Å². The Bertz CT molecular complexity index is 101. The summed E-state index contributed by atoms with van der Waals surface area (Å²) in [5.74, 6) is 1.83. The molecule has 0 saturated carbocycles. The number of nitrogens with zero attached hydrogens (tertiary/aromatic N) is 1. The van der Waals surface area contributed by atoms with E-state index < -0.39 is 0 Å². The van der Waals surface area contributed by atoms with Crippen molar-refractivity contribution < 1.29 is 0 Å². The van der Waals surface area contributed by atoms with Gasteiger partial charge in [-0.05, 0) is 38.3 Å². The molecule has 0 bridgehead atoms. The molecule has 1 aliphatic rings. The van der Waals surface area contributed by atoms with Gasteiger partial charge in [-0.25, -0.2) is 0 Å². The first-order chi connectivity index (χ1) is 4.70. The standard InChI is InChI=1S/C9H19N/c1-8-5-4-6-10(3)7-9(8)2/h8-9H,4-7H2,1-3H3/t8-,9+/m1/s1. The van der Waals surface area contributed by atoms with E-state index in [0.29, 0.717) is 0 Å². The summed E-state index contributed by atoms with van der Waals surface area (Å²) in [5, 5.41) is 0. The Balaban J connectivity index is 2.41. The Morgan fingerprint density at radius 2 is 1.90 bits per heavy atom. The Kier molecular flexibility index (Phi) is 2.72. The first kappa shape index (κ1) is 8.06. The lowest BCUT2D eigenvalue weighted by atomic mass is 9.93. The molecule has 0 aromatic carbocycles. The molecule has 1 heterocycles. The summed E-state index contributed by atoms with van der Waals surface area (Å²) in [6.07, 6.45) is 2.81. The van der Waals surface area contributed by atoms with E-state index in [1.165, 1.54) is 25.9 Å². The molecule has 0 aromatic heterocycles. The lowest BCUT2D eigenvalue weighted by molar-refractivity contribution is 0.283. The fourth-order valence-electron chi connectivity index (χ4n) is 1.73. The van der Waals surface area contributed by atoms with Gasteiger partial charge in [-0.2, -0.15) is 0 Å². The zero-order valence-corrected chi connectivity index (χ0v) is 7.43. The van der Waals surface area contributed by atoms with Gasteiger partial charge in [-0.15, -0.1) is 0 Å². The van der Waals surface area contributed by atoms with Gasteiger partial charge in [-0.1, -0.05) is 13.8 Å². The highest BCUT2D eigenvalue weighted by Gasteiger charge is 2.17. The van der Waals surface area contributed by atoms with Crippen LogP contribution in [0, 0.1) is 11.8 Å². The zero-order valence-electron chi connectivity index (χ0n) is 7.43. The molecule has 1 nitrogen and oxygen atoms in total. The SMILES string of the molecule is C[C@@H]1CCCN(C)C[C@@H]1C. The van der Waals surface area contributed by atoms with Crippen molar-refractivity contribution in [2.75, 3.05) is 20.1 Å². The van der Waals surface area contributed by atoms with E-state index in [0.717, 1.165) is 11.8 Å². The highest BCUT2D eigenvalue weighted by Crippen LogP contribution is 2.21. The number of rotatable bonds is 0. The Morgan fingerprint density at radius 1 is 1.20 bits per heavy atom. The van der Waals surface area contributed by atoms with Gasteiger partial charge in [-0.3, -0.25) is 0 Å². The second-order valence-electron chi connectivity index (χ2n) is 3.86. The van der Waals surface area contributed by atoms with Gasteiger partial charge in [0.1, 0.15) is 0 Å². The lowest BCUT2D eigenvalue weighted by Crippen LogP contribution is -2.24. The summed E-state index contributed by atoms with van der Waals surface area (Å²) in [7, 11) is 2.23. The summed E-state index contributed by atoms with van der Waals surface area (Å²) in [5.41, 5.74) is 0. The fourth-order valence-corrected chi connectivity index (χ4v) is 1.73. The summed E-state index contributed by atoms with van der Waals surface area (Å²) in [6.45, 7) is 7.34. The molecule has 0 unspecified atom stereocenters. The van der Waals surface area contributed by atoms with E-state index in [4.69, 9.17) is 0 Å². The van der Waals surface area contributed by atoms with Crippen LogP contribution >= 0.6 is 0 Å². The summed E-state index contributed by atoms with van der Waals surface area (Å²) < 4.78 is 0. The first-order valence-corrected chi connectivity index (χ1v) is 4.38. The molecule has 2 atom stereocenters. The minimum Gasteiger partial charge on any atom is -0.306 e. The maximum atomic E-state index is 2.45. The first-order valence-electron chi connectivity index (χ1n) is 4.38. The van der Waals surface area contributed by atoms with Crippen molar-refractivity contribution in [3.05, 3.63) is 0 Å². The maximum Gasteiger partial charge on any atom is 0.000651 e. The van der Waals surface area contributed by atoms with Crippen molar-refractivity contribution in [3.63, 3.8) is 0 Å². The fraction of sp³-hybridized carbons (Fsp3) is 1.00. The summed E-state index contributed by atoms with van der Waals surface area (Å²) in [6, 6.07) is 0. The molecule has 1 aliphatic heterocycles. The minimum absolute atomic E-state index is 0.896. The molecule has 0 aromatic rings. The van der Waals surface area contributed by atoms with Gasteiger partial charge in [0.15, 0.2) is 0 Å². The highest BCUT2D eigenvalue weighted by atomic mass is 15.1. The second-order valence-corrected chi connectivity index (χ2v) is 3.86. The predicted molar refractivity (Wildman–Crippen MR) is 45.1 cm³/mol. The van der Waals surface area contributed by atoms with Gasteiger partial charge in [0.25, 0.3) is 0 Å². The number of hydrogen-bond acceptors (Lipinski definition) is 1. The topological polar surface area (TPSA) is 3.24 Å². The molecule has 0 spiro atoms. The largest absolute Gasteiger partial charge is 0.306 e. The van der Waals surface area contributed by atoms with Gasteiger partial charge >= 0.3 is 0 Å². The van der Waals surface area contributed by atoms with Crippen molar-refractivity contribution >= 4 is 0 Å². The van der Waals surface area contributed by atoms with Gasteiger partial charge in [0, 0.05) is 6.54 Å². The van der Waals surface area contributed by atoms with Gasteiger partial charge < -0.3 is 4.90 Å². The van der Waals surface area contributed by atoms with Gasteiger partial charge in [0.2, 0.25) is 0 Å². The molecule has 60 valence electrons. The van der Waals surface area contributed by atoms with Crippen LogP contribution in [0.3, 0.4) is 0 Å². The van der Waals surface area contributed by atoms with Crippen LogP contribution in [0.2, 0.25) is 0 Å². The van der Waals surface area contributed by atoms with Crippen molar-refractivity contribution in [3.8, 4) is 0 Å². The molecule has 0 aliphatic carbocycles. The lowest BCUT2D eigenvalue weighted by Gasteiger charge is -2.19. The number of hydrogen-bond donors (Lipinski definition) is 0. The van der Waals surface area contributed by atoms with Crippen LogP contribution in [0.25, 0.3) is 0 Å². The highest BCUT2D eigenvalue weighted by molar-refractivity contribution is 4.70. The Labute approximate surface area is 64.4 Å². The zero-order chi connectivity index (χ0) is 7.56. The molecule has 10 heavy (non-hydrogen) atoms. The van der Waals surface area contributed by atoms with Crippen LogP contribution in [0.1, 0.15) is 26.7 Å². The minimum atomic E-state index is 0.896. The van der Waals surface area contributed by atoms with Crippen LogP contribution in [-0.4, -0.2) is 25.0 Å². The van der Waals surface area contributed by atoms with Crippen molar-refractivity contribution in [2.45, 2.75) is 26.7 Å². The van der Waals surface area contributed by atoms with Crippen LogP contribution < -0.4 is 0 Å². The quantitative estimate of drug-likeness (QED) is 0.498. The van der Waals surface area contributed by atoms with Crippen LogP contribution in [-0.2, 0) is 0 Å². The molecule has 1 saturated heterocycles. The van der Waals surface area contributed by atoms with E-state index in [1.807, 2.05) is 0 Å². The Morgan fingerprint density at radius 3 is 2.60 bits per heavy atom. The van der Waals surface area contributed by atoms with Crippen molar-refractivity contribution in [1.82, 2.24) is 4.90 Å². The van der Waals surface area contributed by atoms with E-state index >= 15 is 0 Å². The average molecular weight is 141 g/mol. The third-order valence-corrected chi connectivity index (χ3v) is 2.77. The monoisotopic (exact) mass is 141 g/mol. The molecule has 0 radical (unpaired) electrons. The van der Waals surface area contributed by atoms with E-state index in [1.54, 1.807) is 0 Å². The van der Waals surface area contributed by atoms with Gasteiger partial charge in [0.05, 0.1) is 0 Å². The third kappa shape index (κ3) is 1.98. The van der Waals surface area contributed by atoms with Crippen molar-refractivity contribution in [1.29, 1.82) is 0 Å². The van der Waals surface area contributed by atoms with E-state index in [2.05, 4.69) is 25.8 Å². The van der Waals surface area contributed by atoms with Crippen molar-refractivity contribution in [2.24, 2.45) is 11.8 Å². The van der Waals surface area contributed by atoms with E-state index in [-0.39, 0.29) is 0 Å². The number of likely N-dealkylation sites (tertiary alicyclic amines) is 1. The molecular formula is C9H19N. The van der Waals surface area contributed by atoms with Crippen LogP contribution in [0.4, 0.5) is 0 Å². The Hall–Kier alpha value is -0.0400. The second kappa shape index (κ2) is 3.38. The summed E-state index contributed by atoms with van der Waals surface area (Å²) >= 11 is 0. The average Bonchev–Trinajstić information content (AvgIpc) is 1.96.